The first kappa shape index (κ1) is 20.1. The van der Waals surface area contributed by atoms with Crippen molar-refractivity contribution in [3.05, 3.63) is 92.5 Å². The fourth-order valence-electron chi connectivity index (χ4n) is 4.55. The highest BCUT2D eigenvalue weighted by atomic mass is 35.5. The first-order valence-electron chi connectivity index (χ1n) is 9.73. The van der Waals surface area contributed by atoms with Gasteiger partial charge in [0.25, 0.3) is 0 Å². The minimum atomic E-state index is -0.311. The van der Waals surface area contributed by atoms with Gasteiger partial charge < -0.3 is 9.47 Å². The summed E-state index contributed by atoms with van der Waals surface area (Å²) in [5.74, 6) is 1.50. The zero-order valence-corrected chi connectivity index (χ0v) is 18.4. The zero-order valence-electron chi connectivity index (χ0n) is 16.9. The summed E-state index contributed by atoms with van der Waals surface area (Å²) in [5.41, 5.74) is 5.91. The Kier molecular flexibility index (Phi) is 5.50. The molecule has 0 N–H and O–H groups in total. The van der Waals surface area contributed by atoms with E-state index in [1.807, 2.05) is 24.3 Å². The highest BCUT2D eigenvalue weighted by Gasteiger charge is 2.40. The molecule has 0 saturated carbocycles. The van der Waals surface area contributed by atoms with Gasteiger partial charge in [-0.15, -0.1) is 0 Å². The Morgan fingerprint density at radius 3 is 1.86 bits per heavy atom. The summed E-state index contributed by atoms with van der Waals surface area (Å²) in [5, 5.41) is 1.40. The molecule has 1 aliphatic carbocycles. The van der Waals surface area contributed by atoms with Crippen molar-refractivity contribution in [3.8, 4) is 11.5 Å². The molecule has 150 valence electrons. The van der Waals surface area contributed by atoms with Gasteiger partial charge in [-0.05, 0) is 72.7 Å². The van der Waals surface area contributed by atoms with E-state index in [2.05, 4.69) is 37.3 Å². The number of hydrogen-bond donors (Lipinski definition) is 0. The Bertz CT molecular complexity index is 1010. The summed E-state index contributed by atoms with van der Waals surface area (Å²) < 4.78 is 10.7. The molecule has 0 saturated heterocycles. The van der Waals surface area contributed by atoms with Gasteiger partial charge in [0.05, 0.1) is 14.2 Å². The van der Waals surface area contributed by atoms with Crippen LogP contribution in [0, 0.1) is 6.92 Å². The average molecular weight is 427 g/mol. The predicted molar refractivity (Wildman–Crippen MR) is 120 cm³/mol. The van der Waals surface area contributed by atoms with Crippen molar-refractivity contribution in [2.24, 2.45) is 0 Å². The van der Waals surface area contributed by atoms with Crippen molar-refractivity contribution in [2.45, 2.75) is 31.6 Å². The van der Waals surface area contributed by atoms with Gasteiger partial charge in [0.1, 0.15) is 11.5 Å². The van der Waals surface area contributed by atoms with Crippen molar-refractivity contribution in [1.82, 2.24) is 0 Å². The van der Waals surface area contributed by atoms with E-state index in [-0.39, 0.29) is 5.41 Å². The van der Waals surface area contributed by atoms with Crippen LogP contribution in [0.2, 0.25) is 10.0 Å². The van der Waals surface area contributed by atoms with Crippen molar-refractivity contribution in [3.63, 3.8) is 0 Å². The number of aryl methyl sites for hydroxylation is 2. The molecule has 0 heterocycles. The van der Waals surface area contributed by atoms with Gasteiger partial charge in [-0.25, -0.2) is 0 Å². The SMILES string of the molecule is COc1ccc(C2(c3ccc(OC)cc3Cl)CCc3cc(C)ccc3C2)c(Cl)c1. The van der Waals surface area contributed by atoms with Gasteiger partial charge in [0, 0.05) is 15.5 Å². The van der Waals surface area contributed by atoms with Crippen LogP contribution in [-0.4, -0.2) is 14.2 Å². The maximum atomic E-state index is 6.80. The fourth-order valence-corrected chi connectivity index (χ4v) is 5.25. The van der Waals surface area contributed by atoms with Gasteiger partial charge in [-0.3, -0.25) is 0 Å². The zero-order chi connectivity index (χ0) is 20.6. The number of hydrogen-bond acceptors (Lipinski definition) is 2. The van der Waals surface area contributed by atoms with Crippen LogP contribution in [0.1, 0.15) is 34.2 Å². The number of methoxy groups -OCH3 is 2. The molecule has 3 aromatic rings. The molecule has 0 radical (unpaired) electrons. The smallest absolute Gasteiger partial charge is 0.120 e. The Hall–Kier alpha value is -2.16. The first-order chi connectivity index (χ1) is 14.0. The summed E-state index contributed by atoms with van der Waals surface area (Å²) in [7, 11) is 3.31. The van der Waals surface area contributed by atoms with Crippen molar-refractivity contribution in [2.75, 3.05) is 14.2 Å². The van der Waals surface area contributed by atoms with Crippen molar-refractivity contribution < 1.29 is 9.47 Å². The third kappa shape index (κ3) is 3.60. The molecule has 0 aromatic heterocycles. The summed E-state index contributed by atoms with van der Waals surface area (Å²) in [6, 6.07) is 18.6. The number of halogens is 2. The second kappa shape index (κ2) is 7.93. The lowest BCUT2D eigenvalue weighted by molar-refractivity contribution is 0.410. The molecule has 0 fully saturated rings. The van der Waals surface area contributed by atoms with Gasteiger partial charge in [0.15, 0.2) is 0 Å². The lowest BCUT2D eigenvalue weighted by Gasteiger charge is -2.41. The van der Waals surface area contributed by atoms with Gasteiger partial charge >= 0.3 is 0 Å². The molecule has 0 atom stereocenters. The predicted octanol–water partition coefficient (Wildman–Crippen LogP) is 6.79. The molecule has 0 amide bonds. The fraction of sp³-hybridized carbons (Fsp3) is 0.280. The largest absolute Gasteiger partial charge is 0.497 e. The van der Waals surface area contributed by atoms with Gasteiger partial charge in [0.2, 0.25) is 0 Å². The molecule has 1 aliphatic rings. The van der Waals surface area contributed by atoms with E-state index < -0.39 is 0 Å². The van der Waals surface area contributed by atoms with E-state index in [0.717, 1.165) is 41.9 Å². The van der Waals surface area contributed by atoms with Gasteiger partial charge in [-0.1, -0.05) is 59.1 Å². The van der Waals surface area contributed by atoms with E-state index in [9.17, 15) is 0 Å². The normalized spacial score (nSPS) is 14.9. The third-order valence-corrected chi connectivity index (χ3v) is 6.68. The monoisotopic (exact) mass is 426 g/mol. The Morgan fingerprint density at radius 2 is 1.34 bits per heavy atom. The molecule has 0 bridgehead atoms. The minimum Gasteiger partial charge on any atom is -0.497 e. The topological polar surface area (TPSA) is 18.5 Å². The van der Waals surface area contributed by atoms with Crippen LogP contribution >= 0.6 is 23.2 Å². The molecule has 0 unspecified atom stereocenters. The van der Waals surface area contributed by atoms with Crippen LogP contribution in [-0.2, 0) is 18.3 Å². The maximum Gasteiger partial charge on any atom is 0.120 e. The van der Waals surface area contributed by atoms with Crippen LogP contribution in [0.5, 0.6) is 11.5 Å². The minimum absolute atomic E-state index is 0.311. The van der Waals surface area contributed by atoms with E-state index >= 15 is 0 Å². The molecule has 4 heteroatoms. The van der Waals surface area contributed by atoms with Crippen molar-refractivity contribution >= 4 is 23.2 Å². The van der Waals surface area contributed by atoms with E-state index in [4.69, 9.17) is 32.7 Å². The summed E-state index contributed by atoms with van der Waals surface area (Å²) in [6.07, 6.45) is 2.75. The van der Waals surface area contributed by atoms with Crippen LogP contribution in [0.15, 0.2) is 54.6 Å². The number of benzene rings is 3. The quantitative estimate of drug-likeness (QED) is 0.456. The summed E-state index contributed by atoms with van der Waals surface area (Å²) >= 11 is 13.6. The third-order valence-electron chi connectivity index (χ3n) is 6.06. The van der Waals surface area contributed by atoms with Crippen LogP contribution in [0.3, 0.4) is 0 Å². The second-order valence-electron chi connectivity index (χ2n) is 7.72. The first-order valence-corrected chi connectivity index (χ1v) is 10.5. The van der Waals surface area contributed by atoms with Gasteiger partial charge in [-0.2, -0.15) is 0 Å². The number of rotatable bonds is 4. The van der Waals surface area contributed by atoms with Crippen molar-refractivity contribution in [1.29, 1.82) is 0 Å². The van der Waals surface area contributed by atoms with Crippen LogP contribution in [0.4, 0.5) is 0 Å². The Labute approximate surface area is 182 Å². The highest BCUT2D eigenvalue weighted by Crippen LogP contribution is 2.49. The maximum absolute atomic E-state index is 6.80. The molecule has 2 nitrogen and oxygen atoms in total. The summed E-state index contributed by atoms with van der Waals surface area (Å²) in [4.78, 5) is 0. The lowest BCUT2D eigenvalue weighted by atomic mass is 9.63. The summed E-state index contributed by atoms with van der Waals surface area (Å²) in [6.45, 7) is 2.14. The van der Waals surface area contributed by atoms with E-state index in [1.54, 1.807) is 14.2 Å². The number of fused-ring (bicyclic) bond motifs is 1. The van der Waals surface area contributed by atoms with Crippen LogP contribution < -0.4 is 9.47 Å². The molecule has 29 heavy (non-hydrogen) atoms. The second-order valence-corrected chi connectivity index (χ2v) is 8.54. The number of ether oxygens (including phenoxy) is 2. The molecule has 0 spiro atoms. The van der Waals surface area contributed by atoms with E-state index in [0.29, 0.717) is 10.0 Å². The standard InChI is InChI=1S/C25H24Cl2O2/c1-16-4-5-18-15-25(11-10-17(18)12-16,21-8-6-19(28-2)13-23(21)26)22-9-7-20(29-3)14-24(22)27/h4-9,12-14H,10-11,15H2,1-3H3. The Balaban J connectivity index is 1.92. The molecule has 3 aromatic carbocycles. The molecule has 0 aliphatic heterocycles. The molecular formula is C25H24Cl2O2. The lowest BCUT2D eigenvalue weighted by Crippen LogP contribution is -2.35. The molecule has 4 rings (SSSR count). The highest BCUT2D eigenvalue weighted by molar-refractivity contribution is 6.32. The molecular weight excluding hydrogens is 403 g/mol. The average Bonchev–Trinajstić information content (AvgIpc) is 2.73. The Morgan fingerprint density at radius 1 is 0.759 bits per heavy atom. The van der Waals surface area contributed by atoms with E-state index in [1.165, 1.54) is 16.7 Å². The van der Waals surface area contributed by atoms with Crippen LogP contribution in [0.25, 0.3) is 0 Å².